The van der Waals surface area contributed by atoms with Crippen LogP contribution in [0.15, 0.2) is 36.4 Å². The van der Waals surface area contributed by atoms with Gasteiger partial charge in [0, 0.05) is 19.1 Å². The van der Waals surface area contributed by atoms with Crippen LogP contribution in [-0.2, 0) is 0 Å². The number of amides is 1. The van der Waals surface area contributed by atoms with Gasteiger partial charge in [-0.15, -0.1) is 12.4 Å². The van der Waals surface area contributed by atoms with E-state index in [9.17, 15) is 9.18 Å². The third-order valence-corrected chi connectivity index (χ3v) is 4.55. The summed E-state index contributed by atoms with van der Waals surface area (Å²) in [5.74, 6) is -0.756. The van der Waals surface area contributed by atoms with Crippen LogP contribution in [0.25, 0.3) is 11.1 Å². The van der Waals surface area contributed by atoms with E-state index in [2.05, 4.69) is 0 Å². The van der Waals surface area contributed by atoms with Crippen molar-refractivity contribution < 1.29 is 9.18 Å². The van der Waals surface area contributed by atoms with Crippen molar-refractivity contribution in [2.24, 2.45) is 5.73 Å². The quantitative estimate of drug-likeness (QED) is 0.899. The molecular formula is C19H22ClFN2O. The second kappa shape index (κ2) is 7.32. The van der Waals surface area contributed by atoms with E-state index in [0.717, 1.165) is 23.1 Å². The number of halogens is 2. The predicted molar refractivity (Wildman–Crippen MR) is 97.1 cm³/mol. The predicted octanol–water partition coefficient (Wildman–Crippen LogP) is 3.70. The highest BCUT2D eigenvalue weighted by Crippen LogP contribution is 2.25. The van der Waals surface area contributed by atoms with Crippen LogP contribution in [0.2, 0.25) is 0 Å². The van der Waals surface area contributed by atoms with Crippen LogP contribution in [0.5, 0.6) is 0 Å². The zero-order chi connectivity index (χ0) is 16.6. The van der Waals surface area contributed by atoms with Gasteiger partial charge in [0.05, 0.1) is 5.56 Å². The average molecular weight is 349 g/mol. The van der Waals surface area contributed by atoms with E-state index in [1.54, 1.807) is 17.0 Å². The van der Waals surface area contributed by atoms with Crippen LogP contribution in [0.4, 0.5) is 4.39 Å². The van der Waals surface area contributed by atoms with Crippen molar-refractivity contribution >= 4 is 18.3 Å². The SMILES string of the molecule is Cc1ccc(-c2ccc(C(=O)N3CC[C@@H](N)C3)c(F)c2)cc1C.Cl. The third kappa shape index (κ3) is 3.60. The van der Waals surface area contributed by atoms with Crippen LogP contribution in [0, 0.1) is 19.7 Å². The van der Waals surface area contributed by atoms with Crippen molar-refractivity contribution in [3.05, 3.63) is 58.9 Å². The van der Waals surface area contributed by atoms with Gasteiger partial charge in [0.2, 0.25) is 0 Å². The van der Waals surface area contributed by atoms with Gasteiger partial charge in [-0.1, -0.05) is 24.3 Å². The first-order chi connectivity index (χ1) is 11.0. The van der Waals surface area contributed by atoms with Gasteiger partial charge >= 0.3 is 0 Å². The topological polar surface area (TPSA) is 46.3 Å². The normalized spacial score (nSPS) is 16.8. The van der Waals surface area contributed by atoms with Crippen LogP contribution in [-0.4, -0.2) is 29.9 Å². The fraction of sp³-hybridized carbons (Fsp3) is 0.316. The van der Waals surface area contributed by atoms with Gasteiger partial charge in [-0.2, -0.15) is 0 Å². The molecule has 24 heavy (non-hydrogen) atoms. The Hall–Kier alpha value is -1.91. The average Bonchev–Trinajstić information content (AvgIpc) is 2.96. The number of rotatable bonds is 2. The first-order valence-corrected chi connectivity index (χ1v) is 7.88. The Morgan fingerprint density at radius 2 is 1.79 bits per heavy atom. The van der Waals surface area contributed by atoms with Crippen LogP contribution in [0.1, 0.15) is 27.9 Å². The standard InChI is InChI=1S/C19H21FN2O.ClH/c1-12-3-4-14(9-13(12)2)15-5-6-17(18(20)10-15)19(23)22-8-7-16(21)11-22;/h3-6,9-10,16H,7-8,11,21H2,1-2H3;1H/t16-;/m1./s1. The lowest BCUT2D eigenvalue weighted by molar-refractivity contribution is 0.0786. The fourth-order valence-corrected chi connectivity index (χ4v) is 2.93. The summed E-state index contributed by atoms with van der Waals surface area (Å²) in [6.07, 6.45) is 0.772. The number of benzene rings is 2. The molecule has 3 rings (SSSR count). The third-order valence-electron chi connectivity index (χ3n) is 4.55. The van der Waals surface area contributed by atoms with Crippen molar-refractivity contribution in [2.75, 3.05) is 13.1 Å². The fourth-order valence-electron chi connectivity index (χ4n) is 2.93. The van der Waals surface area contributed by atoms with Gasteiger partial charge in [0.15, 0.2) is 0 Å². The Morgan fingerprint density at radius 1 is 1.12 bits per heavy atom. The molecule has 0 saturated carbocycles. The van der Waals surface area contributed by atoms with Gasteiger partial charge in [-0.05, 0) is 54.7 Å². The number of likely N-dealkylation sites (tertiary alicyclic amines) is 1. The highest BCUT2D eigenvalue weighted by molar-refractivity contribution is 5.95. The summed E-state index contributed by atoms with van der Waals surface area (Å²) in [7, 11) is 0. The van der Waals surface area contributed by atoms with Crippen molar-refractivity contribution in [3.63, 3.8) is 0 Å². The highest BCUT2D eigenvalue weighted by Gasteiger charge is 2.26. The Morgan fingerprint density at radius 3 is 2.38 bits per heavy atom. The summed E-state index contributed by atoms with van der Waals surface area (Å²) in [5, 5.41) is 0. The van der Waals surface area contributed by atoms with E-state index < -0.39 is 5.82 Å². The minimum absolute atomic E-state index is 0. The van der Waals surface area contributed by atoms with Crippen molar-refractivity contribution in [2.45, 2.75) is 26.3 Å². The number of hydrogen-bond acceptors (Lipinski definition) is 2. The van der Waals surface area contributed by atoms with Crippen molar-refractivity contribution in [3.8, 4) is 11.1 Å². The summed E-state index contributed by atoms with van der Waals surface area (Å²) >= 11 is 0. The smallest absolute Gasteiger partial charge is 0.256 e. The minimum Gasteiger partial charge on any atom is -0.337 e. The molecule has 5 heteroatoms. The molecule has 1 amide bonds. The molecule has 1 heterocycles. The second-order valence-corrected chi connectivity index (χ2v) is 6.29. The second-order valence-electron chi connectivity index (χ2n) is 6.29. The van der Waals surface area contributed by atoms with Crippen molar-refractivity contribution in [1.82, 2.24) is 4.90 Å². The lowest BCUT2D eigenvalue weighted by Crippen LogP contribution is -2.32. The maximum absolute atomic E-state index is 14.4. The molecule has 0 aliphatic carbocycles. The lowest BCUT2D eigenvalue weighted by atomic mass is 9.99. The monoisotopic (exact) mass is 348 g/mol. The molecule has 0 spiro atoms. The molecule has 2 aromatic rings. The molecular weight excluding hydrogens is 327 g/mol. The van der Waals surface area contributed by atoms with Crippen LogP contribution >= 0.6 is 12.4 Å². The Balaban J connectivity index is 0.00000208. The largest absolute Gasteiger partial charge is 0.337 e. The first kappa shape index (κ1) is 18.4. The molecule has 0 aromatic heterocycles. The summed E-state index contributed by atoms with van der Waals surface area (Å²) in [4.78, 5) is 14.0. The molecule has 0 unspecified atom stereocenters. The molecule has 0 bridgehead atoms. The molecule has 3 nitrogen and oxygen atoms in total. The maximum Gasteiger partial charge on any atom is 0.256 e. The van der Waals surface area contributed by atoms with Gasteiger partial charge in [-0.25, -0.2) is 4.39 Å². The first-order valence-electron chi connectivity index (χ1n) is 7.88. The van der Waals surface area contributed by atoms with E-state index in [4.69, 9.17) is 5.73 Å². The van der Waals surface area contributed by atoms with Crippen molar-refractivity contribution in [1.29, 1.82) is 0 Å². The lowest BCUT2D eigenvalue weighted by Gasteiger charge is -2.16. The number of nitrogens with zero attached hydrogens (tertiary/aromatic N) is 1. The molecule has 128 valence electrons. The zero-order valence-corrected chi connectivity index (χ0v) is 14.7. The summed E-state index contributed by atoms with van der Waals surface area (Å²) in [6.45, 7) is 5.17. The number of hydrogen-bond donors (Lipinski definition) is 1. The summed E-state index contributed by atoms with van der Waals surface area (Å²) in [6, 6.07) is 10.8. The van der Waals surface area contributed by atoms with Gasteiger partial charge in [-0.3, -0.25) is 4.79 Å². The Bertz CT molecular complexity index is 763. The molecule has 0 radical (unpaired) electrons. The maximum atomic E-state index is 14.4. The Labute approximate surface area is 148 Å². The van der Waals surface area contributed by atoms with E-state index in [-0.39, 0.29) is 29.9 Å². The molecule has 2 aromatic carbocycles. The molecule has 1 aliphatic rings. The van der Waals surface area contributed by atoms with E-state index >= 15 is 0 Å². The highest BCUT2D eigenvalue weighted by atomic mass is 35.5. The van der Waals surface area contributed by atoms with Gasteiger partial charge in [0.1, 0.15) is 5.82 Å². The zero-order valence-electron chi connectivity index (χ0n) is 13.9. The number of carbonyl (C=O) groups is 1. The van der Waals surface area contributed by atoms with E-state index in [1.165, 1.54) is 11.6 Å². The van der Waals surface area contributed by atoms with Gasteiger partial charge < -0.3 is 10.6 Å². The Kier molecular flexibility index (Phi) is 5.62. The molecule has 2 N–H and O–H groups in total. The molecule has 1 aliphatic heterocycles. The molecule has 1 fully saturated rings. The van der Waals surface area contributed by atoms with Gasteiger partial charge in [0.25, 0.3) is 5.91 Å². The minimum atomic E-state index is -0.480. The molecule has 1 saturated heterocycles. The number of nitrogens with two attached hydrogens (primary N) is 1. The number of aryl methyl sites for hydroxylation is 2. The number of carbonyl (C=O) groups excluding carboxylic acids is 1. The van der Waals surface area contributed by atoms with Crippen LogP contribution < -0.4 is 5.73 Å². The molecule has 1 atom stereocenters. The van der Waals surface area contributed by atoms with Crippen LogP contribution in [0.3, 0.4) is 0 Å². The van der Waals surface area contributed by atoms with E-state index in [0.29, 0.717) is 13.1 Å². The van der Waals surface area contributed by atoms with E-state index in [1.807, 2.05) is 32.0 Å². The summed E-state index contributed by atoms with van der Waals surface area (Å²) < 4.78 is 14.4. The summed E-state index contributed by atoms with van der Waals surface area (Å²) in [5.41, 5.74) is 10.0.